The molecule has 0 rings (SSSR count). The van der Waals surface area contributed by atoms with E-state index in [-0.39, 0.29) is 0 Å². The Morgan fingerprint density at radius 1 is 0.579 bits per heavy atom. The summed E-state index contributed by atoms with van der Waals surface area (Å²) >= 11 is 0. The molecule has 0 aliphatic heterocycles. The number of halogens is 10. The van der Waals surface area contributed by atoms with Crippen molar-refractivity contribution in [2.75, 3.05) is 0 Å². The van der Waals surface area contributed by atoms with Crippen molar-refractivity contribution in [1.29, 1.82) is 0 Å². The van der Waals surface area contributed by atoms with Crippen molar-refractivity contribution >= 4 is 0 Å². The minimum atomic E-state index is -5.76. The summed E-state index contributed by atoms with van der Waals surface area (Å²) in [5.41, 5.74) is 0. The van der Waals surface area contributed by atoms with Gasteiger partial charge in [0, 0.05) is 0 Å². The standard InChI is InChI=1S/C6F10O3/c7-1(8)3(11)17-5(13,14)19-6(15,16)18-4(12)2(9)10. The van der Waals surface area contributed by atoms with Crippen LogP contribution in [0.1, 0.15) is 0 Å². The van der Waals surface area contributed by atoms with E-state index in [4.69, 9.17) is 0 Å². The van der Waals surface area contributed by atoms with Gasteiger partial charge in [-0.05, 0) is 0 Å². The van der Waals surface area contributed by atoms with E-state index in [2.05, 4.69) is 14.2 Å². The first-order chi connectivity index (χ1) is 8.36. The van der Waals surface area contributed by atoms with E-state index in [9.17, 15) is 43.9 Å². The third-order valence-electron chi connectivity index (χ3n) is 0.952. The maximum absolute atomic E-state index is 12.2. The molecule has 0 saturated carbocycles. The van der Waals surface area contributed by atoms with Gasteiger partial charge < -0.3 is 9.47 Å². The number of hydrogen-bond acceptors (Lipinski definition) is 3. The Balaban J connectivity index is 4.82. The normalized spacial score (nSPS) is 11.9. The van der Waals surface area contributed by atoms with Crippen molar-refractivity contribution in [3.63, 3.8) is 0 Å². The summed E-state index contributed by atoms with van der Waals surface area (Å²) in [5, 5.41) is 0. The number of alkyl halides is 4. The van der Waals surface area contributed by atoms with E-state index in [0.717, 1.165) is 0 Å². The van der Waals surface area contributed by atoms with Gasteiger partial charge in [0.1, 0.15) is 0 Å². The minimum absolute atomic E-state index is 2.14. The van der Waals surface area contributed by atoms with Crippen LogP contribution in [0.15, 0.2) is 24.2 Å². The molecule has 0 atom stereocenters. The predicted molar refractivity (Wildman–Crippen MR) is 33.8 cm³/mol. The van der Waals surface area contributed by atoms with Crippen LogP contribution in [0.5, 0.6) is 0 Å². The first kappa shape index (κ1) is 17.3. The second-order valence-electron chi connectivity index (χ2n) is 2.30. The molecule has 0 aromatic heterocycles. The fourth-order valence-corrected chi connectivity index (χ4v) is 0.466. The Kier molecular flexibility index (Phi) is 5.46. The number of ether oxygens (including phenoxy) is 3. The third kappa shape index (κ3) is 6.73. The van der Waals surface area contributed by atoms with Crippen LogP contribution in [0, 0.1) is 0 Å². The largest absolute Gasteiger partial charge is 0.544 e. The lowest BCUT2D eigenvalue weighted by atomic mass is 10.9. The van der Waals surface area contributed by atoms with Crippen molar-refractivity contribution in [3.05, 3.63) is 24.2 Å². The second kappa shape index (κ2) is 5.99. The number of hydrogen-bond donors (Lipinski definition) is 0. The lowest BCUT2D eigenvalue weighted by molar-refractivity contribution is -0.516. The van der Waals surface area contributed by atoms with Crippen LogP contribution in [0.4, 0.5) is 43.9 Å². The highest BCUT2D eigenvalue weighted by molar-refractivity contribution is 4.82. The van der Waals surface area contributed by atoms with Crippen LogP contribution in [-0.4, -0.2) is 12.6 Å². The monoisotopic (exact) mass is 310 g/mol. The van der Waals surface area contributed by atoms with E-state index in [1.54, 1.807) is 0 Å². The topological polar surface area (TPSA) is 27.7 Å². The van der Waals surface area contributed by atoms with Crippen LogP contribution in [0.3, 0.4) is 0 Å². The highest BCUT2D eigenvalue weighted by Gasteiger charge is 2.51. The minimum Gasteiger partial charge on any atom is -0.378 e. The molecule has 0 aromatic carbocycles. The van der Waals surface area contributed by atoms with Gasteiger partial charge in [-0.15, -0.1) is 17.6 Å². The van der Waals surface area contributed by atoms with Crippen LogP contribution < -0.4 is 0 Å². The molecular formula is C6F10O3. The summed E-state index contributed by atoms with van der Waals surface area (Å²) in [5.74, 6) is 0. The van der Waals surface area contributed by atoms with Gasteiger partial charge in [-0.25, -0.2) is 0 Å². The Morgan fingerprint density at radius 2 is 0.842 bits per heavy atom. The molecule has 13 heteroatoms. The van der Waals surface area contributed by atoms with Gasteiger partial charge in [0.05, 0.1) is 0 Å². The summed E-state index contributed by atoms with van der Waals surface area (Å²) in [6.45, 7) is 0. The van der Waals surface area contributed by atoms with Gasteiger partial charge >= 0.3 is 36.8 Å². The van der Waals surface area contributed by atoms with Crippen molar-refractivity contribution in [2.45, 2.75) is 12.6 Å². The molecule has 19 heavy (non-hydrogen) atoms. The summed E-state index contributed by atoms with van der Waals surface area (Å²) in [4.78, 5) is 0. The lowest BCUT2D eigenvalue weighted by Gasteiger charge is -2.20. The third-order valence-corrected chi connectivity index (χ3v) is 0.952. The highest BCUT2D eigenvalue weighted by Crippen LogP contribution is 2.34. The molecule has 0 spiro atoms. The Morgan fingerprint density at radius 3 is 1.05 bits per heavy atom. The maximum atomic E-state index is 12.2. The zero-order chi connectivity index (χ0) is 15.4. The molecule has 0 bridgehead atoms. The molecule has 0 N–H and O–H groups in total. The fraction of sp³-hybridized carbons (Fsp3) is 0.333. The summed E-state index contributed by atoms with van der Waals surface area (Å²) < 4.78 is 125. The van der Waals surface area contributed by atoms with Crippen LogP contribution in [0.2, 0.25) is 0 Å². The molecule has 112 valence electrons. The van der Waals surface area contributed by atoms with Gasteiger partial charge in [-0.2, -0.15) is 31.1 Å². The average molecular weight is 310 g/mol. The summed E-state index contributed by atoms with van der Waals surface area (Å²) in [6.07, 6.45) is -18.4. The average Bonchev–Trinajstić information content (AvgIpc) is 2.13. The molecule has 0 heterocycles. The van der Waals surface area contributed by atoms with Gasteiger partial charge in [-0.1, -0.05) is 0 Å². The van der Waals surface area contributed by atoms with E-state index < -0.39 is 36.8 Å². The van der Waals surface area contributed by atoms with Gasteiger partial charge in [0.15, 0.2) is 0 Å². The SMILES string of the molecule is FC(F)=C(F)OC(F)(F)OC(F)(F)OC(F)=C(F)F. The molecule has 3 nitrogen and oxygen atoms in total. The molecule has 0 aliphatic rings. The van der Waals surface area contributed by atoms with Crippen LogP contribution in [-0.2, 0) is 14.2 Å². The molecule has 0 aromatic rings. The first-order valence-electron chi connectivity index (χ1n) is 3.61. The van der Waals surface area contributed by atoms with Crippen LogP contribution in [0.25, 0.3) is 0 Å². The molecule has 0 radical (unpaired) electrons. The quantitative estimate of drug-likeness (QED) is 0.418. The van der Waals surface area contributed by atoms with E-state index >= 15 is 0 Å². The maximum Gasteiger partial charge on any atom is 0.544 e. The Bertz CT molecular complexity index is 345. The Labute approximate surface area is 96.2 Å². The molecular weight excluding hydrogens is 310 g/mol. The molecule has 0 aliphatic carbocycles. The smallest absolute Gasteiger partial charge is 0.378 e. The van der Waals surface area contributed by atoms with Gasteiger partial charge in [0.2, 0.25) is 0 Å². The van der Waals surface area contributed by atoms with Crippen molar-refractivity contribution in [3.8, 4) is 0 Å². The molecule has 0 amide bonds. The highest BCUT2D eigenvalue weighted by atomic mass is 19.3. The summed E-state index contributed by atoms with van der Waals surface area (Å²) in [6, 6.07) is -6.57. The molecule has 0 unspecified atom stereocenters. The fourth-order valence-electron chi connectivity index (χ4n) is 0.466. The summed E-state index contributed by atoms with van der Waals surface area (Å²) in [7, 11) is 0. The van der Waals surface area contributed by atoms with E-state index in [1.807, 2.05) is 0 Å². The molecule has 0 fully saturated rings. The van der Waals surface area contributed by atoms with E-state index in [1.165, 1.54) is 0 Å². The second-order valence-corrected chi connectivity index (χ2v) is 2.30. The molecule has 0 saturated heterocycles. The first-order valence-corrected chi connectivity index (χ1v) is 3.61. The Hall–Kier alpha value is -1.66. The van der Waals surface area contributed by atoms with Gasteiger partial charge in [-0.3, -0.25) is 0 Å². The van der Waals surface area contributed by atoms with Crippen molar-refractivity contribution in [2.24, 2.45) is 0 Å². The zero-order valence-electron chi connectivity index (χ0n) is 8.00. The zero-order valence-corrected chi connectivity index (χ0v) is 8.00. The van der Waals surface area contributed by atoms with Crippen molar-refractivity contribution < 1.29 is 58.1 Å². The lowest BCUT2D eigenvalue weighted by Crippen LogP contribution is -2.36. The van der Waals surface area contributed by atoms with Gasteiger partial charge in [0.25, 0.3) is 0 Å². The van der Waals surface area contributed by atoms with Crippen LogP contribution >= 0.6 is 0 Å². The van der Waals surface area contributed by atoms with Crippen molar-refractivity contribution in [1.82, 2.24) is 0 Å². The van der Waals surface area contributed by atoms with E-state index in [0.29, 0.717) is 0 Å². The number of rotatable bonds is 6. The predicted octanol–water partition coefficient (Wildman–Crippen LogP) is 4.21.